The molecule has 0 saturated heterocycles. The van der Waals surface area contributed by atoms with E-state index in [4.69, 9.17) is 4.74 Å². The molecular formula is C25H26N6O3. The number of rotatable bonds is 8. The zero-order valence-corrected chi connectivity index (χ0v) is 19.3. The fourth-order valence-corrected chi connectivity index (χ4v) is 3.56. The number of nitrogens with one attached hydrogen (secondary N) is 2. The minimum absolute atomic E-state index is 0.0139. The van der Waals surface area contributed by atoms with Crippen LogP contribution < -0.4 is 15.4 Å². The fourth-order valence-electron chi connectivity index (χ4n) is 3.56. The molecule has 0 saturated carbocycles. The maximum atomic E-state index is 12.8. The third-order valence-electron chi connectivity index (χ3n) is 5.20. The second-order valence-electron chi connectivity index (χ2n) is 7.94. The fraction of sp³-hybridized carbons (Fsp3) is 0.200. The van der Waals surface area contributed by atoms with Gasteiger partial charge in [0.05, 0.1) is 31.2 Å². The zero-order chi connectivity index (χ0) is 24.1. The van der Waals surface area contributed by atoms with E-state index in [0.717, 1.165) is 17.0 Å². The summed E-state index contributed by atoms with van der Waals surface area (Å²) in [4.78, 5) is 25.1. The Labute approximate surface area is 197 Å². The number of aromatic nitrogens is 4. The summed E-state index contributed by atoms with van der Waals surface area (Å²) in [6.45, 7) is 4.56. The first-order chi connectivity index (χ1) is 16.4. The van der Waals surface area contributed by atoms with Crippen molar-refractivity contribution in [2.45, 2.75) is 26.9 Å². The van der Waals surface area contributed by atoms with Gasteiger partial charge in [0.15, 0.2) is 0 Å². The molecular weight excluding hydrogens is 432 g/mol. The highest BCUT2D eigenvalue weighted by Gasteiger charge is 2.11. The number of hydrogen-bond acceptors (Lipinski definition) is 5. The van der Waals surface area contributed by atoms with Crippen LogP contribution in [-0.4, -0.2) is 38.5 Å². The van der Waals surface area contributed by atoms with Crippen LogP contribution in [0.1, 0.15) is 27.3 Å². The lowest BCUT2D eigenvalue weighted by atomic mass is 10.1. The van der Waals surface area contributed by atoms with Gasteiger partial charge in [0.1, 0.15) is 12.3 Å². The molecule has 2 aromatic heterocycles. The van der Waals surface area contributed by atoms with Crippen molar-refractivity contribution in [1.82, 2.24) is 19.6 Å². The number of amides is 2. The monoisotopic (exact) mass is 458 g/mol. The molecule has 9 heteroatoms. The second kappa shape index (κ2) is 10.0. The Hall–Kier alpha value is -4.40. The first-order valence-corrected chi connectivity index (χ1v) is 10.8. The van der Waals surface area contributed by atoms with E-state index >= 15 is 0 Å². The Morgan fingerprint density at radius 3 is 2.50 bits per heavy atom. The maximum Gasteiger partial charge on any atom is 0.255 e. The standard InChI is InChI=1S/C25H26N6O3/c1-17-11-18(2)31(29-17)14-19-5-4-6-20(12-19)25(33)28-22-13-26-30(15-22)16-24(32)27-21-7-9-23(34-3)10-8-21/h4-13,15H,14,16H2,1-3H3,(H,27,32)(H,28,33). The molecule has 0 radical (unpaired) electrons. The van der Waals surface area contributed by atoms with Gasteiger partial charge in [0.2, 0.25) is 5.91 Å². The summed E-state index contributed by atoms with van der Waals surface area (Å²) >= 11 is 0. The number of hydrogen-bond donors (Lipinski definition) is 2. The third-order valence-corrected chi connectivity index (χ3v) is 5.20. The van der Waals surface area contributed by atoms with Crippen LogP contribution in [0, 0.1) is 13.8 Å². The molecule has 0 aliphatic carbocycles. The van der Waals surface area contributed by atoms with Gasteiger partial charge in [-0.15, -0.1) is 0 Å². The second-order valence-corrected chi connectivity index (χ2v) is 7.94. The summed E-state index contributed by atoms with van der Waals surface area (Å²) in [6.07, 6.45) is 3.13. The van der Waals surface area contributed by atoms with Crippen molar-refractivity contribution in [2.75, 3.05) is 17.7 Å². The summed E-state index contributed by atoms with van der Waals surface area (Å²) in [7, 11) is 1.58. The number of methoxy groups -OCH3 is 1. The number of anilines is 2. The Morgan fingerprint density at radius 1 is 1.00 bits per heavy atom. The molecule has 4 rings (SSSR count). The molecule has 2 N–H and O–H groups in total. The van der Waals surface area contributed by atoms with E-state index in [9.17, 15) is 9.59 Å². The van der Waals surface area contributed by atoms with Gasteiger partial charge in [-0.2, -0.15) is 10.2 Å². The molecule has 0 aliphatic rings. The Bertz CT molecular complexity index is 1310. The molecule has 2 heterocycles. The molecule has 0 fully saturated rings. The van der Waals surface area contributed by atoms with E-state index in [2.05, 4.69) is 20.8 Å². The van der Waals surface area contributed by atoms with Crippen molar-refractivity contribution in [1.29, 1.82) is 0 Å². The number of carbonyl (C=O) groups is 2. The predicted octanol–water partition coefficient (Wildman–Crippen LogP) is 3.64. The maximum absolute atomic E-state index is 12.8. The molecule has 2 aromatic carbocycles. The van der Waals surface area contributed by atoms with Crippen LogP contribution in [0.15, 0.2) is 67.0 Å². The SMILES string of the molecule is COc1ccc(NC(=O)Cn2cc(NC(=O)c3cccc(Cn4nc(C)cc4C)c3)cn2)cc1. The van der Waals surface area contributed by atoms with E-state index in [1.54, 1.807) is 43.6 Å². The van der Waals surface area contributed by atoms with Crippen LogP contribution >= 0.6 is 0 Å². The van der Waals surface area contributed by atoms with Crippen LogP contribution in [0.5, 0.6) is 5.75 Å². The van der Waals surface area contributed by atoms with Gasteiger partial charge < -0.3 is 15.4 Å². The van der Waals surface area contributed by atoms with Crippen molar-refractivity contribution >= 4 is 23.2 Å². The number of aryl methyl sites for hydroxylation is 2. The van der Waals surface area contributed by atoms with Gasteiger partial charge in [-0.05, 0) is 61.9 Å². The molecule has 0 bridgehead atoms. The van der Waals surface area contributed by atoms with Gasteiger partial charge in [0.25, 0.3) is 5.91 Å². The Morgan fingerprint density at radius 2 is 1.79 bits per heavy atom. The summed E-state index contributed by atoms with van der Waals surface area (Å²) < 4.78 is 8.49. The summed E-state index contributed by atoms with van der Waals surface area (Å²) in [6, 6.07) is 16.5. The van der Waals surface area contributed by atoms with Crippen molar-refractivity contribution in [3.05, 3.63) is 89.5 Å². The van der Waals surface area contributed by atoms with E-state index in [0.29, 0.717) is 29.2 Å². The largest absolute Gasteiger partial charge is 0.497 e. The lowest BCUT2D eigenvalue weighted by Crippen LogP contribution is -2.19. The minimum Gasteiger partial charge on any atom is -0.497 e. The quantitative estimate of drug-likeness (QED) is 0.420. The van der Waals surface area contributed by atoms with Crippen LogP contribution in [0.2, 0.25) is 0 Å². The topological polar surface area (TPSA) is 103 Å². The molecule has 9 nitrogen and oxygen atoms in total. The van der Waals surface area contributed by atoms with Crippen molar-refractivity contribution in [3.63, 3.8) is 0 Å². The average Bonchev–Trinajstić information content (AvgIpc) is 3.38. The van der Waals surface area contributed by atoms with Crippen molar-refractivity contribution < 1.29 is 14.3 Å². The van der Waals surface area contributed by atoms with Gasteiger partial charge in [0, 0.05) is 23.1 Å². The normalized spacial score (nSPS) is 10.7. The first-order valence-electron chi connectivity index (χ1n) is 10.8. The molecule has 174 valence electrons. The summed E-state index contributed by atoms with van der Waals surface area (Å²) in [5, 5.41) is 14.3. The number of ether oxygens (including phenoxy) is 1. The molecule has 0 aliphatic heterocycles. The molecule has 4 aromatic rings. The smallest absolute Gasteiger partial charge is 0.255 e. The number of carbonyl (C=O) groups excluding carboxylic acids is 2. The molecule has 0 unspecified atom stereocenters. The third kappa shape index (κ3) is 5.69. The highest BCUT2D eigenvalue weighted by atomic mass is 16.5. The van der Waals surface area contributed by atoms with Gasteiger partial charge in [-0.25, -0.2) is 0 Å². The Kier molecular flexibility index (Phi) is 6.72. The van der Waals surface area contributed by atoms with Gasteiger partial charge in [-0.1, -0.05) is 12.1 Å². The van der Waals surface area contributed by atoms with Crippen molar-refractivity contribution in [2.24, 2.45) is 0 Å². The predicted molar refractivity (Wildman–Crippen MR) is 129 cm³/mol. The van der Waals surface area contributed by atoms with Crippen LogP contribution in [0.4, 0.5) is 11.4 Å². The molecule has 0 spiro atoms. The highest BCUT2D eigenvalue weighted by molar-refractivity contribution is 6.04. The summed E-state index contributed by atoms with van der Waals surface area (Å²) in [5.41, 5.74) is 4.70. The molecule has 34 heavy (non-hydrogen) atoms. The van der Waals surface area contributed by atoms with E-state index in [1.807, 2.05) is 42.8 Å². The van der Waals surface area contributed by atoms with Crippen molar-refractivity contribution in [3.8, 4) is 5.75 Å². The van der Waals surface area contributed by atoms with Gasteiger partial charge in [-0.3, -0.25) is 19.0 Å². The lowest BCUT2D eigenvalue weighted by molar-refractivity contribution is -0.116. The molecule has 0 atom stereocenters. The average molecular weight is 459 g/mol. The van der Waals surface area contributed by atoms with E-state index in [1.165, 1.54) is 10.9 Å². The van der Waals surface area contributed by atoms with Crippen LogP contribution in [-0.2, 0) is 17.9 Å². The minimum atomic E-state index is -0.252. The van der Waals surface area contributed by atoms with Crippen LogP contribution in [0.25, 0.3) is 0 Å². The number of benzene rings is 2. The van der Waals surface area contributed by atoms with E-state index < -0.39 is 0 Å². The van der Waals surface area contributed by atoms with Crippen LogP contribution in [0.3, 0.4) is 0 Å². The zero-order valence-electron chi connectivity index (χ0n) is 19.3. The Balaban J connectivity index is 1.34. The van der Waals surface area contributed by atoms with Gasteiger partial charge >= 0.3 is 0 Å². The molecule has 2 amide bonds. The number of nitrogens with zero attached hydrogens (tertiary/aromatic N) is 4. The lowest BCUT2D eigenvalue weighted by Gasteiger charge is -2.08. The van der Waals surface area contributed by atoms with E-state index in [-0.39, 0.29) is 18.4 Å². The first kappa shape index (κ1) is 22.8. The summed E-state index contributed by atoms with van der Waals surface area (Å²) in [5.74, 6) is 0.225. The highest BCUT2D eigenvalue weighted by Crippen LogP contribution is 2.16.